The molecule has 64 valence electrons. The number of carbonyl (C=O) groups is 1. The molecule has 5 nitrogen and oxygen atoms in total. The maximum absolute atomic E-state index is 10.8. The molecular formula is C5H9NO4S. The highest BCUT2D eigenvalue weighted by molar-refractivity contribution is 7.88. The molecule has 1 heterocycles. The summed E-state index contributed by atoms with van der Waals surface area (Å²) in [6.07, 6.45) is 0.0528. The van der Waals surface area contributed by atoms with Crippen molar-refractivity contribution in [2.45, 2.75) is 19.1 Å². The van der Waals surface area contributed by atoms with E-state index in [-0.39, 0.29) is 12.8 Å². The summed E-state index contributed by atoms with van der Waals surface area (Å²) in [6, 6.07) is 0. The van der Waals surface area contributed by atoms with Crippen molar-refractivity contribution in [2.75, 3.05) is 6.26 Å². The van der Waals surface area contributed by atoms with Crippen LogP contribution in [0.15, 0.2) is 0 Å². The molecule has 0 aromatic heterocycles. The minimum atomic E-state index is -3.57. The molecule has 0 spiro atoms. The third-order valence-electron chi connectivity index (χ3n) is 1.49. The van der Waals surface area contributed by atoms with Crippen LogP contribution in [0.5, 0.6) is 0 Å². The number of nitrogens with zero attached hydrogens (tertiary/aromatic N) is 1. The summed E-state index contributed by atoms with van der Waals surface area (Å²) in [4.78, 5) is 10.8. The van der Waals surface area contributed by atoms with Gasteiger partial charge in [0.2, 0.25) is 15.9 Å². The van der Waals surface area contributed by atoms with Gasteiger partial charge in [0.25, 0.3) is 0 Å². The van der Waals surface area contributed by atoms with E-state index in [4.69, 9.17) is 5.11 Å². The van der Waals surface area contributed by atoms with Gasteiger partial charge in [0.05, 0.1) is 6.26 Å². The molecule has 0 bridgehead atoms. The van der Waals surface area contributed by atoms with Gasteiger partial charge in [0.15, 0.2) is 0 Å². The first-order valence-corrected chi connectivity index (χ1v) is 4.98. The van der Waals surface area contributed by atoms with Gasteiger partial charge >= 0.3 is 0 Å². The van der Waals surface area contributed by atoms with Crippen molar-refractivity contribution in [1.29, 1.82) is 0 Å². The fraction of sp³-hybridized carbons (Fsp3) is 0.800. The van der Waals surface area contributed by atoms with Gasteiger partial charge in [0.1, 0.15) is 6.23 Å². The number of sulfonamides is 1. The SMILES string of the molecule is CS(=O)(=O)N1C(=O)CCC1O. The predicted octanol–water partition coefficient (Wildman–Crippen LogP) is -1.11. The second-order valence-electron chi connectivity index (χ2n) is 2.47. The second-order valence-corrected chi connectivity index (χ2v) is 4.33. The second kappa shape index (κ2) is 2.46. The summed E-state index contributed by atoms with van der Waals surface area (Å²) in [7, 11) is -3.57. The molecule has 0 aromatic carbocycles. The summed E-state index contributed by atoms with van der Waals surface area (Å²) in [5.74, 6) is -0.528. The van der Waals surface area contributed by atoms with Gasteiger partial charge in [-0.2, -0.15) is 0 Å². The van der Waals surface area contributed by atoms with Crippen LogP contribution < -0.4 is 0 Å². The molecule has 1 aliphatic heterocycles. The van der Waals surface area contributed by atoms with E-state index in [1.54, 1.807) is 0 Å². The quantitative estimate of drug-likeness (QED) is 0.553. The lowest BCUT2D eigenvalue weighted by atomic mass is 10.4. The van der Waals surface area contributed by atoms with Crippen LogP contribution in [-0.2, 0) is 14.8 Å². The van der Waals surface area contributed by atoms with Crippen LogP contribution in [0.2, 0.25) is 0 Å². The fourth-order valence-corrected chi connectivity index (χ4v) is 2.06. The van der Waals surface area contributed by atoms with Crippen molar-refractivity contribution in [3.8, 4) is 0 Å². The van der Waals surface area contributed by atoms with Crippen molar-refractivity contribution in [2.24, 2.45) is 0 Å². The van der Waals surface area contributed by atoms with Crippen LogP contribution in [0.1, 0.15) is 12.8 Å². The highest BCUT2D eigenvalue weighted by Gasteiger charge is 2.35. The Morgan fingerprint density at radius 3 is 2.36 bits per heavy atom. The Morgan fingerprint density at radius 2 is 2.18 bits per heavy atom. The molecule has 6 heteroatoms. The number of amides is 1. The van der Waals surface area contributed by atoms with Gasteiger partial charge in [-0.25, -0.2) is 12.7 Å². The summed E-state index contributed by atoms with van der Waals surface area (Å²) in [6.45, 7) is 0. The van der Waals surface area contributed by atoms with Crippen molar-refractivity contribution in [1.82, 2.24) is 4.31 Å². The van der Waals surface area contributed by atoms with Gasteiger partial charge in [-0.15, -0.1) is 0 Å². The van der Waals surface area contributed by atoms with Crippen molar-refractivity contribution in [3.05, 3.63) is 0 Å². The van der Waals surface area contributed by atoms with E-state index in [0.717, 1.165) is 6.26 Å². The van der Waals surface area contributed by atoms with Gasteiger partial charge in [-0.3, -0.25) is 4.79 Å². The minimum absolute atomic E-state index is 0.105. The average molecular weight is 179 g/mol. The number of hydrogen-bond acceptors (Lipinski definition) is 4. The zero-order valence-electron chi connectivity index (χ0n) is 6.02. The van der Waals surface area contributed by atoms with Gasteiger partial charge in [0, 0.05) is 12.8 Å². The number of carbonyl (C=O) groups excluding carboxylic acids is 1. The number of rotatable bonds is 1. The lowest BCUT2D eigenvalue weighted by Gasteiger charge is -2.16. The van der Waals surface area contributed by atoms with Crippen LogP contribution in [-0.4, -0.2) is 36.2 Å². The third kappa shape index (κ3) is 1.51. The van der Waals surface area contributed by atoms with Crippen LogP contribution in [0.3, 0.4) is 0 Å². The molecule has 1 unspecified atom stereocenters. The van der Waals surface area contributed by atoms with E-state index in [2.05, 4.69) is 0 Å². The molecular weight excluding hydrogens is 170 g/mol. The first kappa shape index (κ1) is 8.48. The van der Waals surface area contributed by atoms with E-state index in [1.165, 1.54) is 0 Å². The molecule has 1 saturated heterocycles. The molecule has 1 rings (SSSR count). The van der Waals surface area contributed by atoms with Gasteiger partial charge < -0.3 is 5.11 Å². The molecule has 1 N–H and O–H groups in total. The zero-order chi connectivity index (χ0) is 8.65. The van der Waals surface area contributed by atoms with Gasteiger partial charge in [-0.05, 0) is 0 Å². The van der Waals surface area contributed by atoms with Gasteiger partial charge in [-0.1, -0.05) is 0 Å². The highest BCUT2D eigenvalue weighted by atomic mass is 32.2. The van der Waals surface area contributed by atoms with Crippen molar-refractivity contribution < 1.29 is 18.3 Å². The molecule has 11 heavy (non-hydrogen) atoms. The molecule has 0 saturated carbocycles. The summed E-state index contributed by atoms with van der Waals surface area (Å²) < 4.78 is 22.1. The summed E-state index contributed by atoms with van der Waals surface area (Å²) >= 11 is 0. The molecule has 0 aromatic rings. The lowest BCUT2D eigenvalue weighted by molar-refractivity contribution is -0.126. The van der Waals surface area contributed by atoms with Crippen LogP contribution in [0.4, 0.5) is 0 Å². The Bertz CT molecular complexity index is 270. The third-order valence-corrected chi connectivity index (χ3v) is 2.65. The molecule has 1 fully saturated rings. The number of aliphatic hydroxyl groups is 1. The summed E-state index contributed by atoms with van der Waals surface area (Å²) in [5, 5.41) is 9.02. The monoisotopic (exact) mass is 179 g/mol. The number of hydrogen-bond donors (Lipinski definition) is 1. The Balaban J connectivity index is 2.95. The Morgan fingerprint density at radius 1 is 1.64 bits per heavy atom. The maximum Gasteiger partial charge on any atom is 0.238 e. The fourth-order valence-electron chi connectivity index (χ4n) is 1.05. The predicted molar refractivity (Wildman–Crippen MR) is 36.9 cm³/mol. The molecule has 1 atom stereocenters. The topological polar surface area (TPSA) is 74.7 Å². The van der Waals surface area contributed by atoms with Crippen LogP contribution in [0, 0.1) is 0 Å². The van der Waals surface area contributed by atoms with E-state index >= 15 is 0 Å². The van der Waals surface area contributed by atoms with E-state index < -0.39 is 22.2 Å². The van der Waals surface area contributed by atoms with E-state index in [0.29, 0.717) is 4.31 Å². The molecule has 1 aliphatic rings. The summed E-state index contributed by atoms with van der Waals surface area (Å²) in [5.41, 5.74) is 0. The molecule has 0 aliphatic carbocycles. The van der Waals surface area contributed by atoms with Crippen molar-refractivity contribution >= 4 is 15.9 Å². The Kier molecular flexibility index (Phi) is 1.89. The Labute approximate surface area is 64.7 Å². The van der Waals surface area contributed by atoms with Crippen molar-refractivity contribution in [3.63, 3.8) is 0 Å². The van der Waals surface area contributed by atoms with Crippen LogP contribution in [0.25, 0.3) is 0 Å². The Hall–Kier alpha value is -0.620. The standard InChI is InChI=1S/C5H9NO4S/c1-11(9,10)6-4(7)2-3-5(6)8/h4,7H,2-3H2,1H3. The highest BCUT2D eigenvalue weighted by Crippen LogP contribution is 2.18. The van der Waals surface area contributed by atoms with E-state index in [9.17, 15) is 13.2 Å². The first-order valence-electron chi connectivity index (χ1n) is 3.13. The minimum Gasteiger partial charge on any atom is -0.372 e. The van der Waals surface area contributed by atoms with E-state index in [1.807, 2.05) is 0 Å². The molecule has 1 amide bonds. The first-order chi connectivity index (χ1) is 4.93. The largest absolute Gasteiger partial charge is 0.372 e. The smallest absolute Gasteiger partial charge is 0.238 e. The van der Waals surface area contributed by atoms with Crippen LogP contribution >= 0.6 is 0 Å². The lowest BCUT2D eigenvalue weighted by Crippen LogP contribution is -2.37. The normalized spacial score (nSPS) is 26.2. The average Bonchev–Trinajstić information content (AvgIpc) is 2.08. The number of aliphatic hydroxyl groups excluding tert-OH is 1. The molecule has 0 radical (unpaired) electrons. The maximum atomic E-state index is 10.8. The zero-order valence-corrected chi connectivity index (χ0v) is 6.84.